The molecule has 0 saturated heterocycles. The number of aromatic hydroxyl groups is 1. The van der Waals surface area contributed by atoms with E-state index in [1.165, 1.54) is 6.42 Å². The lowest BCUT2D eigenvalue weighted by atomic mass is 10.0. The molecule has 1 unspecified atom stereocenters. The van der Waals surface area contributed by atoms with Gasteiger partial charge in [0, 0.05) is 24.7 Å². The SMILES string of the molecule is CCCN(CC)CCNC(CC)c1ccccc1O. The second-order valence-electron chi connectivity index (χ2n) is 4.91. The van der Waals surface area contributed by atoms with Crippen LogP contribution in [0.25, 0.3) is 0 Å². The zero-order valence-corrected chi connectivity index (χ0v) is 12.5. The predicted octanol–water partition coefficient (Wildman–Crippen LogP) is 3.16. The first-order chi connectivity index (χ1) is 9.22. The highest BCUT2D eigenvalue weighted by Gasteiger charge is 2.12. The second-order valence-corrected chi connectivity index (χ2v) is 4.91. The summed E-state index contributed by atoms with van der Waals surface area (Å²) in [6.07, 6.45) is 2.18. The fraction of sp³-hybridized carbons (Fsp3) is 0.625. The van der Waals surface area contributed by atoms with Gasteiger partial charge < -0.3 is 15.3 Å². The summed E-state index contributed by atoms with van der Waals surface area (Å²) >= 11 is 0. The zero-order chi connectivity index (χ0) is 14.1. The number of phenolic OH excluding ortho intramolecular Hbond substituents is 1. The molecule has 1 rings (SSSR count). The molecule has 0 saturated carbocycles. The van der Waals surface area contributed by atoms with E-state index < -0.39 is 0 Å². The first-order valence-corrected chi connectivity index (χ1v) is 7.46. The number of nitrogens with one attached hydrogen (secondary N) is 1. The molecule has 0 aromatic heterocycles. The molecule has 0 aliphatic rings. The van der Waals surface area contributed by atoms with Crippen molar-refractivity contribution in [1.29, 1.82) is 0 Å². The Labute approximate surface area is 117 Å². The van der Waals surface area contributed by atoms with Gasteiger partial charge in [-0.3, -0.25) is 0 Å². The van der Waals surface area contributed by atoms with E-state index in [-0.39, 0.29) is 6.04 Å². The number of hydrogen-bond donors (Lipinski definition) is 2. The molecule has 3 heteroatoms. The average Bonchev–Trinajstić information content (AvgIpc) is 2.43. The van der Waals surface area contributed by atoms with Crippen molar-refractivity contribution in [3.63, 3.8) is 0 Å². The number of para-hydroxylation sites is 1. The second kappa shape index (κ2) is 8.94. The molecule has 0 radical (unpaired) electrons. The Morgan fingerprint density at radius 3 is 2.47 bits per heavy atom. The number of phenols is 1. The Hall–Kier alpha value is -1.06. The monoisotopic (exact) mass is 264 g/mol. The standard InChI is InChI=1S/C16H28N2O/c1-4-12-18(6-3)13-11-17-15(5-2)14-9-7-8-10-16(14)19/h7-10,15,17,19H,4-6,11-13H2,1-3H3. The molecule has 0 heterocycles. The summed E-state index contributed by atoms with van der Waals surface area (Å²) in [4.78, 5) is 2.45. The van der Waals surface area contributed by atoms with Crippen LogP contribution in [-0.4, -0.2) is 36.2 Å². The van der Waals surface area contributed by atoms with Crippen molar-refractivity contribution in [2.75, 3.05) is 26.2 Å². The Bertz CT molecular complexity index is 354. The van der Waals surface area contributed by atoms with Gasteiger partial charge in [0.05, 0.1) is 0 Å². The van der Waals surface area contributed by atoms with Crippen LogP contribution in [-0.2, 0) is 0 Å². The van der Waals surface area contributed by atoms with Gasteiger partial charge in [-0.15, -0.1) is 0 Å². The molecule has 1 aromatic carbocycles. The van der Waals surface area contributed by atoms with E-state index >= 15 is 0 Å². The maximum absolute atomic E-state index is 9.90. The van der Waals surface area contributed by atoms with Crippen LogP contribution in [0.3, 0.4) is 0 Å². The highest BCUT2D eigenvalue weighted by molar-refractivity contribution is 5.34. The maximum atomic E-state index is 9.90. The molecule has 0 aliphatic carbocycles. The van der Waals surface area contributed by atoms with Crippen molar-refractivity contribution >= 4 is 0 Å². The third kappa shape index (κ3) is 5.21. The van der Waals surface area contributed by atoms with Crippen LogP contribution in [0.1, 0.15) is 45.2 Å². The lowest BCUT2D eigenvalue weighted by Gasteiger charge is -2.23. The van der Waals surface area contributed by atoms with Crippen molar-refractivity contribution in [2.24, 2.45) is 0 Å². The molecule has 1 atom stereocenters. The largest absolute Gasteiger partial charge is 0.508 e. The molecule has 0 spiro atoms. The summed E-state index contributed by atoms with van der Waals surface area (Å²) in [5.74, 6) is 0.391. The summed E-state index contributed by atoms with van der Waals surface area (Å²) in [5.41, 5.74) is 1.00. The van der Waals surface area contributed by atoms with Crippen LogP contribution in [0.5, 0.6) is 5.75 Å². The summed E-state index contributed by atoms with van der Waals surface area (Å²) < 4.78 is 0. The van der Waals surface area contributed by atoms with Crippen molar-refractivity contribution in [1.82, 2.24) is 10.2 Å². The number of nitrogens with zero attached hydrogens (tertiary/aromatic N) is 1. The highest BCUT2D eigenvalue weighted by Crippen LogP contribution is 2.25. The zero-order valence-electron chi connectivity index (χ0n) is 12.5. The van der Waals surface area contributed by atoms with Crippen LogP contribution >= 0.6 is 0 Å². The van der Waals surface area contributed by atoms with Gasteiger partial charge in [0.1, 0.15) is 5.75 Å². The van der Waals surface area contributed by atoms with Crippen molar-refractivity contribution in [2.45, 2.75) is 39.7 Å². The van der Waals surface area contributed by atoms with Crippen LogP contribution < -0.4 is 5.32 Å². The van der Waals surface area contributed by atoms with Gasteiger partial charge in [0.15, 0.2) is 0 Å². The molecule has 0 bridgehead atoms. The van der Waals surface area contributed by atoms with Gasteiger partial charge in [-0.05, 0) is 32.0 Å². The van der Waals surface area contributed by atoms with Gasteiger partial charge in [0.2, 0.25) is 0 Å². The fourth-order valence-electron chi connectivity index (χ4n) is 2.40. The van der Waals surface area contributed by atoms with E-state index in [1.807, 2.05) is 18.2 Å². The topological polar surface area (TPSA) is 35.5 Å². The minimum absolute atomic E-state index is 0.238. The highest BCUT2D eigenvalue weighted by atomic mass is 16.3. The minimum Gasteiger partial charge on any atom is -0.508 e. The fourth-order valence-corrected chi connectivity index (χ4v) is 2.40. The van der Waals surface area contributed by atoms with E-state index in [0.717, 1.165) is 38.2 Å². The first kappa shape index (κ1) is 16.0. The van der Waals surface area contributed by atoms with Gasteiger partial charge >= 0.3 is 0 Å². The Morgan fingerprint density at radius 2 is 1.89 bits per heavy atom. The number of likely N-dealkylation sites (N-methyl/N-ethyl adjacent to an activating group) is 1. The summed E-state index contributed by atoms with van der Waals surface area (Å²) in [6, 6.07) is 7.84. The van der Waals surface area contributed by atoms with Crippen molar-refractivity contribution in [3.05, 3.63) is 29.8 Å². The predicted molar refractivity (Wildman–Crippen MR) is 81.5 cm³/mol. The van der Waals surface area contributed by atoms with Gasteiger partial charge in [0.25, 0.3) is 0 Å². The molecule has 1 aromatic rings. The first-order valence-electron chi connectivity index (χ1n) is 7.46. The lowest BCUT2D eigenvalue weighted by molar-refractivity contribution is 0.281. The third-order valence-corrected chi connectivity index (χ3v) is 3.53. The molecule has 0 fully saturated rings. The lowest BCUT2D eigenvalue weighted by Crippen LogP contribution is -2.34. The van der Waals surface area contributed by atoms with Crippen molar-refractivity contribution in [3.8, 4) is 5.75 Å². The molecule has 108 valence electrons. The summed E-state index contributed by atoms with van der Waals surface area (Å²) in [5, 5.41) is 13.4. The normalized spacial score (nSPS) is 12.8. The number of benzene rings is 1. The molecule has 19 heavy (non-hydrogen) atoms. The van der Waals surface area contributed by atoms with E-state index in [0.29, 0.717) is 5.75 Å². The minimum atomic E-state index is 0.238. The average molecular weight is 264 g/mol. The van der Waals surface area contributed by atoms with Crippen molar-refractivity contribution < 1.29 is 5.11 Å². The summed E-state index contributed by atoms with van der Waals surface area (Å²) in [7, 11) is 0. The molecule has 0 aliphatic heterocycles. The van der Waals surface area contributed by atoms with Crippen LogP contribution in [0.15, 0.2) is 24.3 Å². The third-order valence-electron chi connectivity index (χ3n) is 3.53. The van der Waals surface area contributed by atoms with Gasteiger partial charge in [-0.1, -0.05) is 39.0 Å². The molecule has 3 nitrogen and oxygen atoms in total. The summed E-state index contributed by atoms with van der Waals surface area (Å²) in [6.45, 7) is 10.8. The van der Waals surface area contributed by atoms with Crippen LogP contribution in [0.4, 0.5) is 0 Å². The quantitative estimate of drug-likeness (QED) is 0.719. The molecule has 0 amide bonds. The Kier molecular flexibility index (Phi) is 7.53. The van der Waals surface area contributed by atoms with E-state index in [9.17, 15) is 5.11 Å². The molecule has 2 N–H and O–H groups in total. The molecular weight excluding hydrogens is 236 g/mol. The Morgan fingerprint density at radius 1 is 1.16 bits per heavy atom. The Balaban J connectivity index is 2.47. The number of rotatable bonds is 9. The van der Waals surface area contributed by atoms with Gasteiger partial charge in [-0.2, -0.15) is 0 Å². The van der Waals surface area contributed by atoms with Crippen LogP contribution in [0.2, 0.25) is 0 Å². The van der Waals surface area contributed by atoms with Gasteiger partial charge in [-0.25, -0.2) is 0 Å². The number of hydrogen-bond acceptors (Lipinski definition) is 3. The van der Waals surface area contributed by atoms with Crippen LogP contribution in [0, 0.1) is 0 Å². The molecular formula is C16H28N2O. The van der Waals surface area contributed by atoms with E-state index in [4.69, 9.17) is 0 Å². The maximum Gasteiger partial charge on any atom is 0.120 e. The smallest absolute Gasteiger partial charge is 0.120 e. The van der Waals surface area contributed by atoms with E-state index in [2.05, 4.69) is 31.0 Å². The van der Waals surface area contributed by atoms with E-state index in [1.54, 1.807) is 6.07 Å².